The Labute approximate surface area is 109 Å². The number of phenolic OH excluding ortho intramolecular Hbond substituents is 1. The van der Waals surface area contributed by atoms with E-state index in [1.165, 1.54) is 5.70 Å². The summed E-state index contributed by atoms with van der Waals surface area (Å²) in [6.45, 7) is 1.85. The van der Waals surface area contributed by atoms with Crippen LogP contribution in [0, 0.1) is 0 Å². The molecular weight excluding hydrogens is 288 g/mol. The van der Waals surface area contributed by atoms with E-state index in [1.807, 2.05) is 12.1 Å². The van der Waals surface area contributed by atoms with E-state index in [4.69, 9.17) is 0 Å². The molecule has 1 aromatic carbocycles. The average Bonchev–Trinajstić information content (AvgIpc) is 2.80. The van der Waals surface area contributed by atoms with Crippen molar-refractivity contribution in [2.45, 2.75) is 0 Å². The van der Waals surface area contributed by atoms with Gasteiger partial charge in [0.2, 0.25) is 0 Å². The minimum absolute atomic E-state index is 0. The Morgan fingerprint density at radius 1 is 1.25 bits per heavy atom. The molecule has 0 aliphatic carbocycles. The van der Waals surface area contributed by atoms with Gasteiger partial charge in [-0.1, -0.05) is 11.8 Å². The first-order valence-electron chi connectivity index (χ1n) is 4.83. The van der Waals surface area contributed by atoms with E-state index in [1.54, 1.807) is 23.9 Å². The van der Waals surface area contributed by atoms with Crippen molar-refractivity contribution in [3.8, 4) is 5.75 Å². The molecular formula is C11H11BrN2OS. The van der Waals surface area contributed by atoms with Crippen molar-refractivity contribution in [2.75, 3.05) is 13.1 Å². The molecule has 1 N–H and O–H groups in total. The molecule has 0 saturated heterocycles. The Morgan fingerprint density at radius 3 is 2.75 bits per heavy atom. The third-order valence-electron chi connectivity index (χ3n) is 2.53. The highest BCUT2D eigenvalue weighted by Crippen LogP contribution is 2.35. The zero-order valence-electron chi connectivity index (χ0n) is 8.46. The SMILES string of the molecule is Br.Oc1ccc(C2=CSC3=NCCN23)cc1. The maximum absolute atomic E-state index is 9.22. The normalized spacial score (nSPS) is 17.6. The van der Waals surface area contributed by atoms with Gasteiger partial charge in [0, 0.05) is 12.0 Å². The molecule has 2 aliphatic rings. The summed E-state index contributed by atoms with van der Waals surface area (Å²) < 4.78 is 0. The number of hydrogen-bond donors (Lipinski definition) is 1. The van der Waals surface area contributed by atoms with E-state index in [9.17, 15) is 5.11 Å². The zero-order chi connectivity index (χ0) is 10.3. The van der Waals surface area contributed by atoms with Gasteiger partial charge in [-0.2, -0.15) is 0 Å². The summed E-state index contributed by atoms with van der Waals surface area (Å²) >= 11 is 1.67. The van der Waals surface area contributed by atoms with Crippen LogP contribution >= 0.6 is 28.7 Å². The topological polar surface area (TPSA) is 35.8 Å². The number of aromatic hydroxyl groups is 1. The van der Waals surface area contributed by atoms with Gasteiger partial charge in [0.15, 0.2) is 5.17 Å². The van der Waals surface area contributed by atoms with Crippen molar-refractivity contribution in [1.82, 2.24) is 4.90 Å². The number of thioether (sulfide) groups is 1. The second kappa shape index (κ2) is 4.51. The van der Waals surface area contributed by atoms with Crippen LogP contribution in [0.4, 0.5) is 0 Å². The van der Waals surface area contributed by atoms with Crippen LogP contribution in [0.1, 0.15) is 5.56 Å². The third-order valence-corrected chi connectivity index (χ3v) is 3.43. The van der Waals surface area contributed by atoms with Crippen molar-refractivity contribution >= 4 is 39.6 Å². The standard InChI is InChI=1S/C11H10N2OS.BrH/c14-9-3-1-8(2-4-9)10-7-15-11-12-5-6-13(10)11;/h1-4,7,14H,5-6H2;1H. The molecule has 1 aromatic rings. The minimum atomic E-state index is 0. The first-order valence-corrected chi connectivity index (χ1v) is 5.71. The van der Waals surface area contributed by atoms with Crippen molar-refractivity contribution in [3.63, 3.8) is 0 Å². The number of phenols is 1. The zero-order valence-corrected chi connectivity index (χ0v) is 11.0. The molecule has 2 aliphatic heterocycles. The second-order valence-corrected chi connectivity index (χ2v) is 4.32. The number of hydrogen-bond acceptors (Lipinski definition) is 4. The van der Waals surface area contributed by atoms with Crippen LogP contribution in [0.25, 0.3) is 5.70 Å². The third kappa shape index (κ3) is 1.85. The van der Waals surface area contributed by atoms with Crippen LogP contribution in [-0.4, -0.2) is 28.3 Å². The molecule has 0 spiro atoms. The van der Waals surface area contributed by atoms with Gasteiger partial charge in [-0.25, -0.2) is 0 Å². The molecule has 3 nitrogen and oxygen atoms in total. The number of benzene rings is 1. The fraction of sp³-hybridized carbons (Fsp3) is 0.182. The number of fused-ring (bicyclic) bond motifs is 1. The molecule has 0 amide bonds. The van der Waals surface area contributed by atoms with Crippen molar-refractivity contribution in [1.29, 1.82) is 0 Å². The Hall–Kier alpha value is -0.940. The van der Waals surface area contributed by atoms with E-state index in [2.05, 4.69) is 15.3 Å². The Kier molecular flexibility index (Phi) is 3.25. The highest BCUT2D eigenvalue weighted by atomic mass is 79.9. The Bertz CT molecular complexity index is 456. The summed E-state index contributed by atoms with van der Waals surface area (Å²) in [5.74, 6) is 0.306. The van der Waals surface area contributed by atoms with Gasteiger partial charge in [-0.15, -0.1) is 17.0 Å². The van der Waals surface area contributed by atoms with Crippen molar-refractivity contribution in [2.24, 2.45) is 4.99 Å². The highest BCUT2D eigenvalue weighted by Gasteiger charge is 2.26. The van der Waals surface area contributed by atoms with Gasteiger partial charge in [0.05, 0.1) is 12.2 Å². The lowest BCUT2D eigenvalue weighted by Crippen LogP contribution is -2.19. The van der Waals surface area contributed by atoms with Crippen LogP contribution in [0.15, 0.2) is 34.7 Å². The number of amidine groups is 1. The molecule has 0 unspecified atom stereocenters. The Balaban J connectivity index is 0.000000963. The quantitative estimate of drug-likeness (QED) is 0.866. The van der Waals surface area contributed by atoms with E-state index in [-0.39, 0.29) is 17.0 Å². The maximum atomic E-state index is 9.22. The molecule has 0 fully saturated rings. The van der Waals surface area contributed by atoms with Gasteiger partial charge < -0.3 is 10.0 Å². The molecule has 2 heterocycles. The molecule has 0 aromatic heterocycles. The summed E-state index contributed by atoms with van der Waals surface area (Å²) in [6, 6.07) is 7.30. The van der Waals surface area contributed by atoms with Gasteiger partial charge in [0.25, 0.3) is 0 Å². The van der Waals surface area contributed by atoms with Crippen LogP contribution < -0.4 is 0 Å². The molecule has 0 saturated carbocycles. The van der Waals surface area contributed by atoms with Crippen LogP contribution in [0.3, 0.4) is 0 Å². The molecule has 0 radical (unpaired) electrons. The smallest absolute Gasteiger partial charge is 0.168 e. The molecule has 0 bridgehead atoms. The van der Waals surface area contributed by atoms with Gasteiger partial charge in [-0.05, 0) is 29.8 Å². The van der Waals surface area contributed by atoms with E-state index in [0.717, 1.165) is 23.8 Å². The fourth-order valence-electron chi connectivity index (χ4n) is 1.78. The molecule has 84 valence electrons. The average molecular weight is 299 g/mol. The number of rotatable bonds is 1. The van der Waals surface area contributed by atoms with Crippen molar-refractivity contribution in [3.05, 3.63) is 35.2 Å². The van der Waals surface area contributed by atoms with Gasteiger partial charge in [-0.3, -0.25) is 4.99 Å². The van der Waals surface area contributed by atoms with E-state index in [0.29, 0.717) is 5.75 Å². The summed E-state index contributed by atoms with van der Waals surface area (Å²) in [5.41, 5.74) is 2.32. The van der Waals surface area contributed by atoms with Crippen LogP contribution in [0.5, 0.6) is 5.75 Å². The van der Waals surface area contributed by atoms with Gasteiger partial charge in [0.1, 0.15) is 5.75 Å². The Morgan fingerprint density at radius 2 is 2.00 bits per heavy atom. The second-order valence-electron chi connectivity index (χ2n) is 3.48. The lowest BCUT2D eigenvalue weighted by molar-refractivity contribution is 0.475. The van der Waals surface area contributed by atoms with Crippen molar-refractivity contribution < 1.29 is 5.11 Å². The largest absolute Gasteiger partial charge is 0.508 e. The summed E-state index contributed by atoms with van der Waals surface area (Å²) in [6.07, 6.45) is 0. The van der Waals surface area contributed by atoms with E-state index >= 15 is 0 Å². The summed E-state index contributed by atoms with van der Waals surface area (Å²) in [5, 5.41) is 12.4. The van der Waals surface area contributed by atoms with Crippen LogP contribution in [0.2, 0.25) is 0 Å². The lowest BCUT2D eigenvalue weighted by atomic mass is 10.1. The fourth-order valence-corrected chi connectivity index (χ4v) is 2.74. The molecule has 16 heavy (non-hydrogen) atoms. The first kappa shape index (κ1) is 11.5. The monoisotopic (exact) mass is 298 g/mol. The maximum Gasteiger partial charge on any atom is 0.168 e. The van der Waals surface area contributed by atoms with Gasteiger partial charge >= 0.3 is 0 Å². The highest BCUT2D eigenvalue weighted by molar-refractivity contribution is 8.93. The summed E-state index contributed by atoms with van der Waals surface area (Å²) in [4.78, 5) is 6.61. The van der Waals surface area contributed by atoms with E-state index < -0.39 is 0 Å². The number of halogens is 1. The number of aliphatic imine (C=N–C) groups is 1. The molecule has 5 heteroatoms. The first-order chi connectivity index (χ1) is 7.34. The predicted octanol–water partition coefficient (Wildman–Crippen LogP) is 2.69. The molecule has 3 rings (SSSR count). The summed E-state index contributed by atoms with van der Waals surface area (Å²) in [7, 11) is 0. The minimum Gasteiger partial charge on any atom is -0.508 e. The van der Waals surface area contributed by atoms with Crippen LogP contribution in [-0.2, 0) is 0 Å². The number of nitrogens with zero attached hydrogens (tertiary/aromatic N) is 2. The lowest BCUT2D eigenvalue weighted by Gasteiger charge is -2.16. The predicted molar refractivity (Wildman–Crippen MR) is 73.0 cm³/mol. The molecule has 0 atom stereocenters.